The van der Waals surface area contributed by atoms with Gasteiger partial charge in [-0.05, 0) is 79.4 Å². The number of anilines is 1. The van der Waals surface area contributed by atoms with Gasteiger partial charge in [-0.15, -0.1) is 0 Å². The maximum Gasteiger partial charge on any atom is 0.296 e. The molecule has 5 rings (SSSR count). The minimum atomic E-state index is -0.653. The molecular formula is C26H22N2O4. The first-order valence-corrected chi connectivity index (χ1v) is 10.4. The molecule has 1 amide bonds. The summed E-state index contributed by atoms with van der Waals surface area (Å²) in [6.07, 6.45) is 1.66. The highest BCUT2D eigenvalue weighted by atomic mass is 16.5. The molecule has 0 saturated heterocycles. The van der Waals surface area contributed by atoms with E-state index in [-0.39, 0.29) is 17.1 Å². The molecule has 3 heterocycles. The van der Waals surface area contributed by atoms with Crippen molar-refractivity contribution in [1.29, 1.82) is 0 Å². The third-order valence-corrected chi connectivity index (χ3v) is 6.07. The molecule has 0 aliphatic carbocycles. The van der Waals surface area contributed by atoms with E-state index in [1.165, 1.54) is 0 Å². The summed E-state index contributed by atoms with van der Waals surface area (Å²) in [5.74, 6) is 0.847. The van der Waals surface area contributed by atoms with Crippen molar-refractivity contribution in [3.05, 3.63) is 98.5 Å². The monoisotopic (exact) mass is 426 g/mol. The van der Waals surface area contributed by atoms with Gasteiger partial charge in [-0.2, -0.15) is 0 Å². The van der Waals surface area contributed by atoms with Crippen LogP contribution in [0.15, 0.2) is 63.9 Å². The molecule has 0 unspecified atom stereocenters. The zero-order valence-electron chi connectivity index (χ0n) is 18.3. The number of methoxy groups -OCH3 is 1. The lowest BCUT2D eigenvalue weighted by Crippen LogP contribution is -2.30. The summed E-state index contributed by atoms with van der Waals surface area (Å²) in [6.45, 7) is 5.84. The van der Waals surface area contributed by atoms with E-state index in [1.54, 1.807) is 18.2 Å². The van der Waals surface area contributed by atoms with Gasteiger partial charge in [0.15, 0.2) is 5.43 Å². The third-order valence-electron chi connectivity index (χ3n) is 6.07. The lowest BCUT2D eigenvalue weighted by molar-refractivity contribution is 0.0970. The second-order valence-electron chi connectivity index (χ2n) is 8.15. The van der Waals surface area contributed by atoms with E-state index < -0.39 is 6.04 Å². The number of benzene rings is 2. The van der Waals surface area contributed by atoms with Crippen LogP contribution >= 0.6 is 0 Å². The van der Waals surface area contributed by atoms with E-state index in [0.29, 0.717) is 28.1 Å². The van der Waals surface area contributed by atoms with Crippen molar-refractivity contribution in [3.8, 4) is 5.75 Å². The van der Waals surface area contributed by atoms with Crippen molar-refractivity contribution in [3.63, 3.8) is 0 Å². The van der Waals surface area contributed by atoms with Gasteiger partial charge in [0.1, 0.15) is 17.2 Å². The Morgan fingerprint density at radius 3 is 2.38 bits per heavy atom. The highest BCUT2D eigenvalue weighted by Crippen LogP contribution is 2.41. The van der Waals surface area contributed by atoms with Crippen LogP contribution in [-0.4, -0.2) is 18.0 Å². The molecule has 2 aromatic heterocycles. The number of carbonyl (C=O) groups is 1. The normalized spacial score (nSPS) is 15.3. The van der Waals surface area contributed by atoms with Crippen LogP contribution in [0.4, 0.5) is 5.82 Å². The van der Waals surface area contributed by atoms with Gasteiger partial charge in [-0.25, -0.2) is 4.98 Å². The average molecular weight is 426 g/mol. The molecule has 0 N–H and O–H groups in total. The molecule has 0 fully saturated rings. The van der Waals surface area contributed by atoms with Gasteiger partial charge in [-0.1, -0.05) is 12.1 Å². The SMILES string of the molecule is COc1ccc([C@@H]2c3c(oc4cc(C)c(C)cc4c3=O)C(=O)N2c2cc(C)ccn2)cc1. The summed E-state index contributed by atoms with van der Waals surface area (Å²) in [6, 6.07) is 14.0. The lowest BCUT2D eigenvalue weighted by Gasteiger charge is -2.24. The van der Waals surface area contributed by atoms with Crippen LogP contribution in [0.5, 0.6) is 5.75 Å². The van der Waals surface area contributed by atoms with Crippen LogP contribution in [0.1, 0.15) is 44.4 Å². The zero-order valence-corrected chi connectivity index (χ0v) is 18.3. The standard InChI is InChI=1S/C26H22N2O4/c1-14-9-10-27-21(11-14)28-23(17-5-7-18(31-4)8-6-17)22-24(29)19-12-15(2)16(3)13-20(19)32-25(22)26(28)30/h5-13,23H,1-4H3/t23-/m1/s1. The number of aromatic nitrogens is 1. The van der Waals surface area contributed by atoms with Gasteiger partial charge in [-0.3, -0.25) is 14.5 Å². The summed E-state index contributed by atoms with van der Waals surface area (Å²) in [4.78, 5) is 33.3. The Bertz CT molecular complexity index is 1440. The Morgan fingerprint density at radius 2 is 1.69 bits per heavy atom. The Kier molecular flexibility index (Phi) is 4.59. The predicted octanol–water partition coefficient (Wildman–Crippen LogP) is 4.87. The fraction of sp³-hybridized carbons (Fsp3) is 0.192. The van der Waals surface area contributed by atoms with Crippen molar-refractivity contribution in [2.75, 3.05) is 12.0 Å². The van der Waals surface area contributed by atoms with E-state index in [9.17, 15) is 9.59 Å². The summed E-state index contributed by atoms with van der Waals surface area (Å²) < 4.78 is 11.4. The van der Waals surface area contributed by atoms with Crippen LogP contribution in [0.3, 0.4) is 0 Å². The molecule has 6 heteroatoms. The van der Waals surface area contributed by atoms with Crippen LogP contribution in [-0.2, 0) is 0 Å². The van der Waals surface area contributed by atoms with Crippen molar-refractivity contribution in [2.24, 2.45) is 0 Å². The third kappa shape index (κ3) is 2.99. The summed E-state index contributed by atoms with van der Waals surface area (Å²) in [5.41, 5.74) is 4.27. The highest BCUT2D eigenvalue weighted by molar-refractivity contribution is 6.10. The molecule has 1 aliphatic rings. The van der Waals surface area contributed by atoms with E-state index in [1.807, 2.05) is 69.3 Å². The van der Waals surface area contributed by atoms with Crippen molar-refractivity contribution < 1.29 is 13.9 Å². The average Bonchev–Trinajstić information content (AvgIpc) is 3.08. The fourth-order valence-electron chi connectivity index (χ4n) is 4.22. The first kappa shape index (κ1) is 20.0. The van der Waals surface area contributed by atoms with Gasteiger partial charge in [0.2, 0.25) is 5.76 Å². The molecule has 4 aromatic rings. The molecule has 6 nitrogen and oxygen atoms in total. The van der Waals surface area contributed by atoms with Crippen LogP contribution < -0.4 is 15.1 Å². The summed E-state index contributed by atoms with van der Waals surface area (Å²) in [7, 11) is 1.59. The number of hydrogen-bond acceptors (Lipinski definition) is 5. The fourth-order valence-corrected chi connectivity index (χ4v) is 4.22. The minimum absolute atomic E-state index is 0.0647. The second kappa shape index (κ2) is 7.34. The molecular weight excluding hydrogens is 404 g/mol. The Morgan fingerprint density at radius 1 is 0.969 bits per heavy atom. The number of nitrogens with zero attached hydrogens (tertiary/aromatic N) is 2. The van der Waals surface area contributed by atoms with Crippen molar-refractivity contribution in [1.82, 2.24) is 4.98 Å². The van der Waals surface area contributed by atoms with E-state index in [0.717, 1.165) is 22.3 Å². The van der Waals surface area contributed by atoms with Crippen LogP contribution in [0.25, 0.3) is 11.0 Å². The van der Waals surface area contributed by atoms with E-state index in [4.69, 9.17) is 9.15 Å². The second-order valence-corrected chi connectivity index (χ2v) is 8.15. The molecule has 0 spiro atoms. The summed E-state index contributed by atoms with van der Waals surface area (Å²) >= 11 is 0. The van der Waals surface area contributed by atoms with Crippen molar-refractivity contribution in [2.45, 2.75) is 26.8 Å². The smallest absolute Gasteiger partial charge is 0.296 e. The van der Waals surface area contributed by atoms with Gasteiger partial charge >= 0.3 is 0 Å². The first-order valence-electron chi connectivity index (χ1n) is 10.4. The Balaban J connectivity index is 1.81. The van der Waals surface area contributed by atoms with E-state index >= 15 is 0 Å². The molecule has 160 valence electrons. The van der Waals surface area contributed by atoms with Gasteiger partial charge in [0.05, 0.1) is 24.1 Å². The first-order chi connectivity index (χ1) is 15.4. The van der Waals surface area contributed by atoms with Crippen LogP contribution in [0, 0.1) is 20.8 Å². The zero-order chi connectivity index (χ0) is 22.6. The molecule has 0 radical (unpaired) electrons. The summed E-state index contributed by atoms with van der Waals surface area (Å²) in [5, 5.41) is 0.470. The number of amides is 1. The van der Waals surface area contributed by atoms with Gasteiger partial charge in [0.25, 0.3) is 5.91 Å². The molecule has 0 bridgehead atoms. The maximum absolute atomic E-state index is 13.7. The highest BCUT2D eigenvalue weighted by Gasteiger charge is 2.44. The number of carbonyl (C=O) groups excluding carboxylic acids is 1. The molecule has 2 aromatic carbocycles. The Labute approximate surface area is 185 Å². The lowest BCUT2D eigenvalue weighted by atomic mass is 9.97. The minimum Gasteiger partial charge on any atom is -0.497 e. The molecule has 0 saturated carbocycles. The predicted molar refractivity (Wildman–Crippen MR) is 123 cm³/mol. The number of hydrogen-bond donors (Lipinski definition) is 0. The number of aryl methyl sites for hydroxylation is 3. The molecule has 1 atom stereocenters. The van der Waals surface area contributed by atoms with E-state index in [2.05, 4.69) is 4.98 Å². The maximum atomic E-state index is 13.7. The quantitative estimate of drug-likeness (QED) is 0.467. The van der Waals surface area contributed by atoms with Crippen LogP contribution in [0.2, 0.25) is 0 Å². The van der Waals surface area contributed by atoms with Crippen molar-refractivity contribution >= 4 is 22.7 Å². The number of ether oxygens (including phenoxy) is 1. The molecule has 32 heavy (non-hydrogen) atoms. The number of pyridine rings is 1. The molecule has 1 aliphatic heterocycles. The Hall–Kier alpha value is -3.93. The number of fused-ring (bicyclic) bond motifs is 2. The topological polar surface area (TPSA) is 72.6 Å². The van der Waals surface area contributed by atoms with Gasteiger partial charge < -0.3 is 9.15 Å². The van der Waals surface area contributed by atoms with Gasteiger partial charge in [0, 0.05) is 6.20 Å². The number of rotatable bonds is 3. The largest absolute Gasteiger partial charge is 0.497 e.